The molecule has 0 radical (unpaired) electrons. The highest BCUT2D eigenvalue weighted by atomic mass is 16.5. The van der Waals surface area contributed by atoms with E-state index in [1.165, 1.54) is 12.3 Å². The van der Waals surface area contributed by atoms with Crippen LogP contribution in [0.1, 0.15) is 23.3 Å². The minimum Gasteiger partial charge on any atom is -0.461 e. The van der Waals surface area contributed by atoms with Crippen molar-refractivity contribution in [3.05, 3.63) is 36.4 Å². The van der Waals surface area contributed by atoms with Gasteiger partial charge >= 0.3 is 0 Å². The van der Waals surface area contributed by atoms with Gasteiger partial charge in [0.1, 0.15) is 5.69 Å². The fourth-order valence-electron chi connectivity index (χ4n) is 2.97. The average molecular weight is 368 g/mol. The first-order chi connectivity index (χ1) is 13.1. The lowest BCUT2D eigenvalue weighted by atomic mass is 10.3. The fourth-order valence-corrected chi connectivity index (χ4v) is 2.97. The van der Waals surface area contributed by atoms with Gasteiger partial charge < -0.3 is 24.1 Å². The van der Waals surface area contributed by atoms with Crippen LogP contribution in [0, 0.1) is 0 Å². The molecule has 9 heteroatoms. The second-order valence-electron chi connectivity index (χ2n) is 6.50. The summed E-state index contributed by atoms with van der Waals surface area (Å²) in [5, 5.41) is 6.62. The van der Waals surface area contributed by atoms with Crippen molar-refractivity contribution in [3.63, 3.8) is 0 Å². The van der Waals surface area contributed by atoms with Crippen molar-refractivity contribution in [3.8, 4) is 11.5 Å². The van der Waals surface area contributed by atoms with Crippen LogP contribution in [0.25, 0.3) is 11.5 Å². The highest BCUT2D eigenvalue weighted by molar-refractivity contribution is 6.04. The third-order valence-electron chi connectivity index (χ3n) is 4.32. The maximum Gasteiger partial charge on any atom is 0.278 e. The zero-order valence-corrected chi connectivity index (χ0v) is 15.2. The molecular formula is C18H20N6O3. The molecule has 0 spiro atoms. The van der Waals surface area contributed by atoms with Crippen LogP contribution in [-0.4, -0.2) is 48.2 Å². The number of nitrogens with one attached hydrogen (secondary N) is 1. The van der Waals surface area contributed by atoms with E-state index in [9.17, 15) is 4.79 Å². The van der Waals surface area contributed by atoms with E-state index in [-0.39, 0.29) is 5.69 Å². The summed E-state index contributed by atoms with van der Waals surface area (Å²) >= 11 is 0. The molecule has 4 heterocycles. The molecule has 1 N–H and O–H groups in total. The molecule has 4 rings (SSSR count). The summed E-state index contributed by atoms with van der Waals surface area (Å²) in [5.41, 5.74) is 0.658. The third-order valence-corrected chi connectivity index (χ3v) is 4.32. The van der Waals surface area contributed by atoms with Crippen LogP contribution in [0.3, 0.4) is 0 Å². The summed E-state index contributed by atoms with van der Waals surface area (Å²) in [5.74, 6) is 1.80. The zero-order valence-electron chi connectivity index (χ0n) is 15.2. The van der Waals surface area contributed by atoms with Gasteiger partial charge in [0.15, 0.2) is 17.3 Å². The van der Waals surface area contributed by atoms with Gasteiger partial charge in [0, 0.05) is 33.3 Å². The summed E-state index contributed by atoms with van der Waals surface area (Å²) in [7, 11) is 3.74. The van der Waals surface area contributed by atoms with E-state index in [0.29, 0.717) is 29.0 Å². The first-order valence-corrected chi connectivity index (χ1v) is 8.73. The summed E-state index contributed by atoms with van der Waals surface area (Å²) in [4.78, 5) is 25.6. The Bertz CT molecular complexity index is 928. The topological polar surface area (TPSA) is 101 Å². The van der Waals surface area contributed by atoms with Gasteiger partial charge in [-0.15, -0.1) is 0 Å². The van der Waals surface area contributed by atoms with E-state index < -0.39 is 5.91 Å². The number of carbonyl (C=O) groups excluding carboxylic acids is 1. The molecule has 1 saturated heterocycles. The Hall–Kier alpha value is -3.36. The Labute approximate surface area is 156 Å². The number of carbonyl (C=O) groups is 1. The van der Waals surface area contributed by atoms with Crippen LogP contribution >= 0.6 is 0 Å². The maximum atomic E-state index is 12.6. The predicted octanol–water partition coefficient (Wildman–Crippen LogP) is 2.64. The first kappa shape index (κ1) is 17.1. The van der Waals surface area contributed by atoms with Crippen LogP contribution in [0.2, 0.25) is 0 Å². The lowest BCUT2D eigenvalue weighted by Gasteiger charge is -2.20. The van der Waals surface area contributed by atoms with Crippen molar-refractivity contribution in [2.75, 3.05) is 42.3 Å². The predicted molar refractivity (Wildman–Crippen MR) is 100.0 cm³/mol. The SMILES string of the molecule is CN(C)c1nc(N2CCCC2)ncc1NC(=O)c1cc(-c2ccco2)on1. The Morgan fingerprint density at radius 2 is 2.07 bits per heavy atom. The van der Waals surface area contributed by atoms with Crippen molar-refractivity contribution >= 4 is 23.4 Å². The van der Waals surface area contributed by atoms with Gasteiger partial charge in [-0.25, -0.2) is 4.98 Å². The van der Waals surface area contributed by atoms with Gasteiger partial charge in [-0.2, -0.15) is 4.98 Å². The minimum absolute atomic E-state index is 0.148. The molecule has 0 atom stereocenters. The van der Waals surface area contributed by atoms with E-state index in [1.807, 2.05) is 19.0 Å². The molecule has 0 bridgehead atoms. The lowest BCUT2D eigenvalue weighted by Crippen LogP contribution is -2.23. The summed E-state index contributed by atoms with van der Waals surface area (Å²) in [6, 6.07) is 5.00. The number of furan rings is 1. The van der Waals surface area contributed by atoms with Crippen LogP contribution in [0.15, 0.2) is 39.6 Å². The van der Waals surface area contributed by atoms with Crippen molar-refractivity contribution in [1.82, 2.24) is 15.1 Å². The van der Waals surface area contributed by atoms with Crippen LogP contribution in [0.5, 0.6) is 0 Å². The molecule has 0 aromatic carbocycles. The number of hydrogen-bond acceptors (Lipinski definition) is 8. The Balaban J connectivity index is 1.55. The molecule has 9 nitrogen and oxygen atoms in total. The molecule has 140 valence electrons. The molecule has 3 aromatic rings. The number of hydrogen-bond donors (Lipinski definition) is 1. The van der Waals surface area contributed by atoms with Gasteiger partial charge in [-0.05, 0) is 25.0 Å². The monoisotopic (exact) mass is 368 g/mol. The number of rotatable bonds is 5. The van der Waals surface area contributed by atoms with Gasteiger partial charge in [0.05, 0.1) is 12.5 Å². The number of amides is 1. The van der Waals surface area contributed by atoms with Crippen LogP contribution < -0.4 is 15.1 Å². The lowest BCUT2D eigenvalue weighted by molar-refractivity contribution is 0.101. The number of nitrogens with zero attached hydrogens (tertiary/aromatic N) is 5. The van der Waals surface area contributed by atoms with Gasteiger partial charge in [-0.1, -0.05) is 5.16 Å². The average Bonchev–Trinajstić information content (AvgIpc) is 3.43. The van der Waals surface area contributed by atoms with Gasteiger partial charge in [0.25, 0.3) is 5.91 Å². The van der Waals surface area contributed by atoms with E-state index >= 15 is 0 Å². The highest BCUT2D eigenvalue weighted by Gasteiger charge is 2.20. The van der Waals surface area contributed by atoms with E-state index in [4.69, 9.17) is 8.94 Å². The molecule has 3 aromatic heterocycles. The van der Waals surface area contributed by atoms with Crippen LogP contribution in [0.4, 0.5) is 17.5 Å². The normalized spacial score (nSPS) is 13.8. The molecule has 1 fully saturated rings. The Morgan fingerprint density at radius 3 is 2.78 bits per heavy atom. The third kappa shape index (κ3) is 3.48. The molecule has 0 aliphatic carbocycles. The Kier molecular flexibility index (Phi) is 4.49. The Morgan fingerprint density at radius 1 is 1.26 bits per heavy atom. The number of anilines is 3. The van der Waals surface area contributed by atoms with Crippen LogP contribution in [-0.2, 0) is 0 Å². The van der Waals surface area contributed by atoms with Crippen molar-refractivity contribution < 1.29 is 13.7 Å². The molecule has 0 unspecified atom stereocenters. The van der Waals surface area contributed by atoms with Crippen molar-refractivity contribution in [1.29, 1.82) is 0 Å². The highest BCUT2D eigenvalue weighted by Crippen LogP contribution is 2.26. The second-order valence-corrected chi connectivity index (χ2v) is 6.50. The standard InChI is InChI=1S/C18H20N6O3/c1-23(2)16-13(11-19-18(21-16)24-7-3-4-8-24)20-17(25)12-10-15(27-22-12)14-6-5-9-26-14/h5-6,9-11H,3-4,7-8H2,1-2H3,(H,20,25). The van der Waals surface area contributed by atoms with Gasteiger partial charge in [0.2, 0.25) is 11.7 Å². The first-order valence-electron chi connectivity index (χ1n) is 8.73. The molecular weight excluding hydrogens is 348 g/mol. The quantitative estimate of drug-likeness (QED) is 0.733. The maximum absolute atomic E-state index is 12.6. The summed E-state index contributed by atoms with van der Waals surface area (Å²) < 4.78 is 10.4. The van der Waals surface area contributed by atoms with Gasteiger partial charge in [-0.3, -0.25) is 4.79 Å². The second kappa shape index (κ2) is 7.10. The molecule has 0 saturated carbocycles. The summed E-state index contributed by atoms with van der Waals surface area (Å²) in [6.07, 6.45) is 5.44. The smallest absolute Gasteiger partial charge is 0.278 e. The molecule has 1 aliphatic rings. The van der Waals surface area contributed by atoms with E-state index in [2.05, 4.69) is 25.3 Å². The molecule has 1 aliphatic heterocycles. The molecule has 1 amide bonds. The minimum atomic E-state index is -0.405. The fraction of sp³-hybridized carbons (Fsp3) is 0.333. The summed E-state index contributed by atoms with van der Waals surface area (Å²) in [6.45, 7) is 1.90. The largest absolute Gasteiger partial charge is 0.461 e. The molecule has 27 heavy (non-hydrogen) atoms. The van der Waals surface area contributed by atoms with E-state index in [1.54, 1.807) is 18.3 Å². The van der Waals surface area contributed by atoms with E-state index in [0.717, 1.165) is 25.9 Å². The number of aromatic nitrogens is 3. The van der Waals surface area contributed by atoms with Crippen molar-refractivity contribution in [2.45, 2.75) is 12.8 Å². The zero-order chi connectivity index (χ0) is 18.8. The van der Waals surface area contributed by atoms with Crippen molar-refractivity contribution in [2.24, 2.45) is 0 Å².